The Kier molecular flexibility index (Phi) is 3.29. The molecule has 0 aliphatic rings. The summed E-state index contributed by atoms with van der Waals surface area (Å²) in [5, 5.41) is 31.7. The number of hydrogen-bond donors (Lipinski definition) is 4. The van der Waals surface area contributed by atoms with Crippen LogP contribution in [0.2, 0.25) is 0 Å². The number of aromatic amines is 1. The molecule has 1 rings (SSSR count). The summed E-state index contributed by atoms with van der Waals surface area (Å²) in [5.41, 5.74) is 0. The summed E-state index contributed by atoms with van der Waals surface area (Å²) < 4.78 is 0. The third kappa shape index (κ3) is 2.76. The van der Waals surface area contributed by atoms with Gasteiger partial charge in [-0.1, -0.05) is 0 Å². The molecule has 0 bridgehead atoms. The van der Waals surface area contributed by atoms with E-state index in [1.54, 1.807) is 0 Å². The first-order valence-corrected chi connectivity index (χ1v) is 3.54. The van der Waals surface area contributed by atoms with Gasteiger partial charge >= 0.3 is 0 Å². The minimum Gasteiger partial charge on any atom is -0.394 e. The number of carbonyl (C=O) groups is 1. The molecule has 1 amide bonds. The van der Waals surface area contributed by atoms with Gasteiger partial charge in [-0.3, -0.25) is 4.79 Å². The second-order valence-electron chi connectivity index (χ2n) is 2.28. The minimum absolute atomic E-state index is 0.0517. The van der Waals surface area contributed by atoms with Gasteiger partial charge in [0, 0.05) is 6.54 Å². The van der Waals surface area contributed by atoms with Crippen molar-refractivity contribution in [3.05, 3.63) is 5.82 Å². The first kappa shape index (κ1) is 9.55. The SMILES string of the molecule is O=C(NCC(O)CO)c1nn[nH]n1. The second-order valence-corrected chi connectivity index (χ2v) is 2.28. The molecule has 1 aromatic rings. The van der Waals surface area contributed by atoms with Crippen molar-refractivity contribution >= 4 is 5.91 Å². The molecule has 1 heterocycles. The van der Waals surface area contributed by atoms with E-state index in [0.717, 1.165) is 0 Å². The summed E-state index contributed by atoms with van der Waals surface area (Å²) >= 11 is 0. The highest BCUT2D eigenvalue weighted by Gasteiger charge is 2.11. The Labute approximate surface area is 73.0 Å². The minimum atomic E-state index is -0.976. The summed E-state index contributed by atoms with van der Waals surface area (Å²) in [6.45, 7) is -0.462. The lowest BCUT2D eigenvalue weighted by Crippen LogP contribution is -2.34. The zero-order valence-corrected chi connectivity index (χ0v) is 6.64. The third-order valence-electron chi connectivity index (χ3n) is 1.26. The molecule has 0 saturated heterocycles. The molecule has 0 spiro atoms. The molecule has 0 aliphatic carbocycles. The van der Waals surface area contributed by atoms with Gasteiger partial charge in [-0.05, 0) is 5.21 Å². The number of aliphatic hydroxyl groups excluding tert-OH is 2. The maximum absolute atomic E-state index is 11.0. The van der Waals surface area contributed by atoms with E-state index in [0.29, 0.717) is 0 Å². The topological polar surface area (TPSA) is 124 Å². The second kappa shape index (κ2) is 4.48. The smallest absolute Gasteiger partial charge is 0.292 e. The third-order valence-corrected chi connectivity index (χ3v) is 1.26. The van der Waals surface area contributed by atoms with Gasteiger partial charge in [0.05, 0.1) is 12.7 Å². The Hall–Kier alpha value is -1.54. The van der Waals surface area contributed by atoms with Crippen molar-refractivity contribution < 1.29 is 15.0 Å². The van der Waals surface area contributed by atoms with Crippen LogP contribution in [0.3, 0.4) is 0 Å². The molecule has 8 nitrogen and oxygen atoms in total. The molecule has 1 atom stereocenters. The van der Waals surface area contributed by atoms with E-state index < -0.39 is 18.6 Å². The molecular formula is C5H9N5O3. The summed E-state index contributed by atoms with van der Waals surface area (Å²) in [7, 11) is 0. The molecular weight excluding hydrogens is 178 g/mol. The van der Waals surface area contributed by atoms with Gasteiger partial charge in [-0.25, -0.2) is 0 Å². The first-order chi connectivity index (χ1) is 6.24. The quantitative estimate of drug-likeness (QED) is 0.406. The zero-order valence-electron chi connectivity index (χ0n) is 6.64. The monoisotopic (exact) mass is 187 g/mol. The van der Waals surface area contributed by atoms with E-state index in [-0.39, 0.29) is 12.4 Å². The molecule has 0 radical (unpaired) electrons. The summed E-state index contributed by atoms with van der Waals surface area (Å²) in [5.74, 6) is -0.661. The van der Waals surface area contributed by atoms with Crippen molar-refractivity contribution in [2.24, 2.45) is 0 Å². The number of nitrogens with zero attached hydrogens (tertiary/aromatic N) is 3. The Morgan fingerprint density at radius 2 is 2.46 bits per heavy atom. The van der Waals surface area contributed by atoms with E-state index in [1.807, 2.05) is 0 Å². The Morgan fingerprint density at radius 1 is 1.69 bits per heavy atom. The highest BCUT2D eigenvalue weighted by atomic mass is 16.3. The van der Waals surface area contributed by atoms with E-state index in [4.69, 9.17) is 10.2 Å². The molecule has 72 valence electrons. The summed E-state index contributed by atoms with van der Waals surface area (Å²) in [4.78, 5) is 11.0. The molecule has 13 heavy (non-hydrogen) atoms. The van der Waals surface area contributed by atoms with Gasteiger partial charge in [0.1, 0.15) is 0 Å². The van der Waals surface area contributed by atoms with E-state index in [1.165, 1.54) is 0 Å². The number of nitrogens with one attached hydrogen (secondary N) is 2. The lowest BCUT2D eigenvalue weighted by molar-refractivity contribution is 0.0795. The van der Waals surface area contributed by atoms with E-state index >= 15 is 0 Å². The van der Waals surface area contributed by atoms with Crippen LogP contribution in [0.1, 0.15) is 10.6 Å². The molecule has 1 unspecified atom stereocenters. The summed E-state index contributed by atoms with van der Waals surface area (Å²) in [6, 6.07) is 0. The van der Waals surface area contributed by atoms with Crippen LogP contribution in [0, 0.1) is 0 Å². The van der Waals surface area contributed by atoms with Crippen LogP contribution < -0.4 is 5.32 Å². The average molecular weight is 187 g/mol. The van der Waals surface area contributed by atoms with Crippen LogP contribution in [0.5, 0.6) is 0 Å². The van der Waals surface area contributed by atoms with Crippen molar-refractivity contribution in [3.8, 4) is 0 Å². The van der Waals surface area contributed by atoms with Gasteiger partial charge in [0.15, 0.2) is 0 Å². The number of rotatable bonds is 4. The van der Waals surface area contributed by atoms with Gasteiger partial charge in [-0.15, -0.1) is 10.2 Å². The number of carbonyl (C=O) groups excluding carboxylic acids is 1. The fraction of sp³-hybridized carbons (Fsp3) is 0.600. The molecule has 1 aromatic heterocycles. The molecule has 0 fully saturated rings. The fourth-order valence-electron chi connectivity index (χ4n) is 0.612. The van der Waals surface area contributed by atoms with Crippen molar-refractivity contribution in [2.75, 3.05) is 13.2 Å². The number of tetrazole rings is 1. The highest BCUT2D eigenvalue weighted by molar-refractivity contribution is 5.89. The Balaban J connectivity index is 2.35. The number of aliphatic hydroxyl groups is 2. The normalized spacial score (nSPS) is 12.5. The molecule has 0 aliphatic heterocycles. The number of hydrogen-bond acceptors (Lipinski definition) is 6. The standard InChI is InChI=1S/C5H9N5O3/c11-2-3(12)1-6-5(13)4-7-9-10-8-4/h3,11-12H,1-2H2,(H,6,13)(H,7,8,9,10). The van der Waals surface area contributed by atoms with Crippen LogP contribution in [-0.2, 0) is 0 Å². The maximum Gasteiger partial charge on any atom is 0.292 e. The van der Waals surface area contributed by atoms with Gasteiger partial charge in [-0.2, -0.15) is 5.21 Å². The predicted molar refractivity (Wildman–Crippen MR) is 39.6 cm³/mol. The van der Waals surface area contributed by atoms with E-state index in [9.17, 15) is 4.79 Å². The maximum atomic E-state index is 11.0. The van der Waals surface area contributed by atoms with E-state index in [2.05, 4.69) is 25.9 Å². The Morgan fingerprint density at radius 3 is 3.00 bits per heavy atom. The fourth-order valence-corrected chi connectivity index (χ4v) is 0.612. The Bertz CT molecular complexity index is 261. The summed E-state index contributed by atoms with van der Waals surface area (Å²) in [6.07, 6.45) is -0.976. The van der Waals surface area contributed by atoms with Crippen molar-refractivity contribution in [1.82, 2.24) is 25.9 Å². The lowest BCUT2D eigenvalue weighted by Gasteiger charge is -2.06. The van der Waals surface area contributed by atoms with Crippen molar-refractivity contribution in [1.29, 1.82) is 0 Å². The van der Waals surface area contributed by atoms with Crippen molar-refractivity contribution in [3.63, 3.8) is 0 Å². The van der Waals surface area contributed by atoms with Crippen LogP contribution in [0.4, 0.5) is 0 Å². The van der Waals surface area contributed by atoms with Crippen LogP contribution in [0.25, 0.3) is 0 Å². The molecule has 0 aromatic carbocycles. The largest absolute Gasteiger partial charge is 0.394 e. The first-order valence-electron chi connectivity index (χ1n) is 3.54. The van der Waals surface area contributed by atoms with Crippen LogP contribution in [-0.4, -0.2) is 56.0 Å². The zero-order chi connectivity index (χ0) is 9.68. The molecule has 0 saturated carbocycles. The number of amides is 1. The van der Waals surface area contributed by atoms with Crippen LogP contribution >= 0.6 is 0 Å². The predicted octanol–water partition coefficient (Wildman–Crippen LogP) is -2.72. The van der Waals surface area contributed by atoms with Crippen LogP contribution in [0.15, 0.2) is 0 Å². The van der Waals surface area contributed by atoms with Gasteiger partial charge < -0.3 is 15.5 Å². The number of aromatic nitrogens is 4. The molecule has 4 N–H and O–H groups in total. The number of H-pyrrole nitrogens is 1. The van der Waals surface area contributed by atoms with Crippen molar-refractivity contribution in [2.45, 2.75) is 6.10 Å². The average Bonchev–Trinajstić information content (AvgIpc) is 2.66. The lowest BCUT2D eigenvalue weighted by atomic mass is 10.4. The molecule has 8 heteroatoms. The van der Waals surface area contributed by atoms with Gasteiger partial charge in [0.2, 0.25) is 0 Å². The van der Waals surface area contributed by atoms with Gasteiger partial charge in [0.25, 0.3) is 11.7 Å². The highest BCUT2D eigenvalue weighted by Crippen LogP contribution is 1.83.